The molecule has 7 heteroatoms. The number of nitrogens with zero attached hydrogens (tertiary/aromatic N) is 1. The van der Waals surface area contributed by atoms with Gasteiger partial charge in [-0.15, -0.1) is 0 Å². The fourth-order valence-corrected chi connectivity index (χ4v) is 1.57. The summed E-state index contributed by atoms with van der Waals surface area (Å²) in [5.74, 6) is 5.27. The third-order valence-electron chi connectivity index (χ3n) is 2.50. The summed E-state index contributed by atoms with van der Waals surface area (Å²) in [4.78, 5) is 22.9. The lowest BCUT2D eigenvalue weighted by Gasteiger charge is -2.09. The van der Waals surface area contributed by atoms with E-state index in [1.165, 1.54) is 12.1 Å². The molecular weight excluding hydrogens is 246 g/mol. The van der Waals surface area contributed by atoms with Gasteiger partial charge in [-0.25, -0.2) is 5.10 Å². The maximum atomic E-state index is 12.1. The quantitative estimate of drug-likeness (QED) is 0.476. The Morgan fingerprint density at radius 2 is 2.11 bits per heavy atom. The maximum absolute atomic E-state index is 12.1. The van der Waals surface area contributed by atoms with Crippen LogP contribution >= 0.6 is 0 Å². The molecule has 19 heavy (non-hydrogen) atoms. The molecule has 0 atom stereocenters. The fraction of sp³-hybridized carbons (Fsp3) is 0.0833. The van der Waals surface area contributed by atoms with Gasteiger partial charge in [0.15, 0.2) is 5.82 Å². The van der Waals surface area contributed by atoms with Gasteiger partial charge in [-0.2, -0.15) is 5.10 Å². The van der Waals surface area contributed by atoms with Crippen LogP contribution in [0.2, 0.25) is 0 Å². The van der Waals surface area contributed by atoms with Gasteiger partial charge in [0.25, 0.3) is 11.5 Å². The predicted molar refractivity (Wildman–Crippen MR) is 71.8 cm³/mol. The highest BCUT2D eigenvalue weighted by Gasteiger charge is 2.11. The van der Waals surface area contributed by atoms with Crippen molar-refractivity contribution in [3.05, 3.63) is 51.8 Å². The normalized spacial score (nSPS) is 10.0. The van der Waals surface area contributed by atoms with E-state index in [2.05, 4.69) is 20.9 Å². The third kappa shape index (κ3) is 2.96. The number of nitrogens with one attached hydrogen (secondary N) is 3. The van der Waals surface area contributed by atoms with Crippen molar-refractivity contribution in [3.63, 3.8) is 0 Å². The number of hydrogen-bond acceptors (Lipinski definition) is 5. The van der Waals surface area contributed by atoms with Crippen LogP contribution in [0.1, 0.15) is 15.9 Å². The van der Waals surface area contributed by atoms with Crippen LogP contribution in [0.4, 0.5) is 11.5 Å². The van der Waals surface area contributed by atoms with Gasteiger partial charge in [-0.1, -0.05) is 6.07 Å². The van der Waals surface area contributed by atoms with Crippen LogP contribution in [0.5, 0.6) is 0 Å². The number of rotatable bonds is 3. The lowest BCUT2D eigenvalue weighted by atomic mass is 10.1. The first-order chi connectivity index (χ1) is 9.10. The van der Waals surface area contributed by atoms with Crippen LogP contribution in [0.25, 0.3) is 0 Å². The van der Waals surface area contributed by atoms with Crippen molar-refractivity contribution >= 4 is 17.4 Å². The van der Waals surface area contributed by atoms with Crippen LogP contribution in [-0.4, -0.2) is 16.1 Å². The Morgan fingerprint density at radius 3 is 2.74 bits per heavy atom. The summed E-state index contributed by atoms with van der Waals surface area (Å²) < 4.78 is 0. The molecule has 0 aliphatic heterocycles. The van der Waals surface area contributed by atoms with Crippen LogP contribution in [0, 0.1) is 6.92 Å². The number of carbonyl (C=O) groups excluding carboxylic acids is 1. The Hall–Kier alpha value is -2.67. The van der Waals surface area contributed by atoms with Crippen molar-refractivity contribution in [1.82, 2.24) is 10.2 Å². The van der Waals surface area contributed by atoms with Crippen molar-refractivity contribution in [2.75, 3.05) is 10.7 Å². The largest absolute Gasteiger partial charge is 0.323 e. The molecule has 0 saturated carbocycles. The number of aromatic amines is 1. The molecule has 2 aromatic rings. The molecule has 0 spiro atoms. The first-order valence-electron chi connectivity index (χ1n) is 5.54. The van der Waals surface area contributed by atoms with Crippen molar-refractivity contribution in [2.24, 2.45) is 5.84 Å². The topological polar surface area (TPSA) is 113 Å². The Labute approximate surface area is 108 Å². The smallest absolute Gasteiger partial charge is 0.264 e. The van der Waals surface area contributed by atoms with Gasteiger partial charge >= 0.3 is 0 Å². The van der Waals surface area contributed by atoms with Gasteiger partial charge in [0, 0.05) is 6.07 Å². The van der Waals surface area contributed by atoms with Gasteiger partial charge < -0.3 is 10.7 Å². The molecule has 98 valence electrons. The van der Waals surface area contributed by atoms with Crippen LogP contribution in [-0.2, 0) is 0 Å². The average molecular weight is 259 g/mol. The molecule has 0 aliphatic rings. The van der Waals surface area contributed by atoms with E-state index >= 15 is 0 Å². The van der Waals surface area contributed by atoms with Crippen molar-refractivity contribution < 1.29 is 4.79 Å². The first-order valence-corrected chi connectivity index (χ1v) is 5.54. The molecular formula is C12H13N5O2. The lowest BCUT2D eigenvalue weighted by Crippen LogP contribution is -2.19. The summed E-state index contributed by atoms with van der Waals surface area (Å²) in [5, 5.41) is 8.49. The number of hydrazine groups is 1. The minimum Gasteiger partial charge on any atom is -0.323 e. The second-order valence-electron chi connectivity index (χ2n) is 3.95. The number of amides is 1. The van der Waals surface area contributed by atoms with Gasteiger partial charge in [0.2, 0.25) is 0 Å². The fourth-order valence-electron chi connectivity index (χ4n) is 1.57. The summed E-state index contributed by atoms with van der Waals surface area (Å²) in [5.41, 5.74) is 4.02. The van der Waals surface area contributed by atoms with Crippen molar-refractivity contribution in [3.8, 4) is 0 Å². The molecule has 0 fully saturated rings. The molecule has 0 aliphatic carbocycles. The number of carbonyl (C=O) groups is 1. The second kappa shape index (κ2) is 5.32. The number of H-pyrrole nitrogens is 1. The summed E-state index contributed by atoms with van der Waals surface area (Å²) in [7, 11) is 0. The Bertz CT molecular complexity index is 645. The number of aryl methyl sites for hydroxylation is 1. The molecule has 7 nitrogen and oxygen atoms in total. The molecule has 0 radical (unpaired) electrons. The van der Waals surface area contributed by atoms with Crippen molar-refractivity contribution in [1.29, 1.82) is 0 Å². The van der Waals surface area contributed by atoms with E-state index in [4.69, 9.17) is 5.84 Å². The Balaban J connectivity index is 2.24. The summed E-state index contributed by atoms with van der Waals surface area (Å²) in [6.07, 6.45) is 0. The standard InChI is InChI=1S/C12H13N5O2/c1-7-2-3-8(9(6-7)15-13)12(19)14-10-4-5-11(18)17-16-10/h2-6,15H,13H2,1H3,(H,17,18)(H,14,16,19). The Morgan fingerprint density at radius 1 is 1.32 bits per heavy atom. The molecule has 1 aromatic carbocycles. The number of aromatic nitrogens is 2. The van der Waals surface area contributed by atoms with E-state index in [-0.39, 0.29) is 17.3 Å². The van der Waals surface area contributed by atoms with Gasteiger partial charge in [-0.3, -0.25) is 15.4 Å². The van der Waals surface area contributed by atoms with E-state index in [0.717, 1.165) is 5.56 Å². The van der Waals surface area contributed by atoms with Crippen LogP contribution in [0.15, 0.2) is 35.1 Å². The number of nitrogen functional groups attached to an aromatic ring is 1. The summed E-state index contributed by atoms with van der Waals surface area (Å²) in [6, 6.07) is 7.91. The van der Waals surface area contributed by atoms with Gasteiger partial charge in [0.05, 0.1) is 11.3 Å². The number of nitrogens with two attached hydrogens (primary N) is 1. The second-order valence-corrected chi connectivity index (χ2v) is 3.95. The third-order valence-corrected chi connectivity index (χ3v) is 2.50. The first kappa shape index (κ1) is 12.8. The average Bonchev–Trinajstić information content (AvgIpc) is 2.41. The summed E-state index contributed by atoms with van der Waals surface area (Å²) >= 11 is 0. The zero-order valence-electron chi connectivity index (χ0n) is 10.2. The minimum atomic E-state index is -0.368. The molecule has 1 aromatic heterocycles. The SMILES string of the molecule is Cc1ccc(C(=O)Nc2ccc(=O)[nH]n2)c(NN)c1. The van der Waals surface area contributed by atoms with E-state index in [0.29, 0.717) is 11.3 Å². The summed E-state index contributed by atoms with van der Waals surface area (Å²) in [6.45, 7) is 1.89. The monoisotopic (exact) mass is 259 g/mol. The number of anilines is 2. The Kier molecular flexibility index (Phi) is 3.58. The van der Waals surface area contributed by atoms with Crippen LogP contribution in [0.3, 0.4) is 0 Å². The van der Waals surface area contributed by atoms with Crippen LogP contribution < -0.4 is 22.1 Å². The zero-order chi connectivity index (χ0) is 13.8. The minimum absolute atomic E-state index is 0.258. The number of benzene rings is 1. The maximum Gasteiger partial charge on any atom is 0.264 e. The lowest BCUT2D eigenvalue weighted by molar-refractivity contribution is 0.102. The zero-order valence-corrected chi connectivity index (χ0v) is 10.2. The van der Waals surface area contributed by atoms with Gasteiger partial charge in [0.1, 0.15) is 0 Å². The highest BCUT2D eigenvalue weighted by atomic mass is 16.2. The van der Waals surface area contributed by atoms with Gasteiger partial charge in [-0.05, 0) is 30.7 Å². The molecule has 0 unspecified atom stereocenters. The molecule has 1 heterocycles. The molecule has 5 N–H and O–H groups in total. The predicted octanol–water partition coefficient (Wildman–Crippen LogP) is 0.616. The number of hydrogen-bond donors (Lipinski definition) is 4. The van der Waals surface area contributed by atoms with E-state index < -0.39 is 0 Å². The molecule has 1 amide bonds. The highest BCUT2D eigenvalue weighted by molar-refractivity contribution is 6.07. The molecule has 2 rings (SSSR count). The van der Waals surface area contributed by atoms with E-state index in [9.17, 15) is 9.59 Å². The van der Waals surface area contributed by atoms with E-state index in [1.807, 2.05) is 6.92 Å². The highest BCUT2D eigenvalue weighted by Crippen LogP contribution is 2.17. The van der Waals surface area contributed by atoms with Crippen molar-refractivity contribution in [2.45, 2.75) is 6.92 Å². The van der Waals surface area contributed by atoms with E-state index in [1.54, 1.807) is 18.2 Å². The molecule has 0 saturated heterocycles. The molecule has 0 bridgehead atoms.